The van der Waals surface area contributed by atoms with Gasteiger partial charge in [0, 0.05) is 17.7 Å². The van der Waals surface area contributed by atoms with Crippen LogP contribution in [0.5, 0.6) is 0 Å². The topological polar surface area (TPSA) is 42.0 Å². The molecule has 2 rings (SSSR count). The lowest BCUT2D eigenvalue weighted by Gasteiger charge is -2.02. The van der Waals surface area contributed by atoms with Crippen LogP contribution in [0.15, 0.2) is 34.0 Å². The van der Waals surface area contributed by atoms with Crippen molar-refractivity contribution in [2.75, 3.05) is 6.54 Å². The van der Waals surface area contributed by atoms with Crippen molar-refractivity contribution in [1.82, 2.24) is 10.3 Å². The van der Waals surface area contributed by atoms with Crippen molar-refractivity contribution in [1.29, 1.82) is 0 Å². The van der Waals surface area contributed by atoms with Crippen LogP contribution in [0.1, 0.15) is 31.0 Å². The predicted octanol–water partition coefficient (Wildman–Crippen LogP) is 4.03. The summed E-state index contributed by atoms with van der Waals surface area (Å²) in [7, 11) is 0. The van der Waals surface area contributed by atoms with Crippen LogP contribution >= 0.6 is 23.1 Å². The van der Waals surface area contributed by atoms with Gasteiger partial charge >= 0.3 is 0 Å². The molecule has 1 N–H and O–H groups in total. The molecule has 1 heterocycles. The maximum atomic E-state index is 13.5. The maximum Gasteiger partial charge on any atom is 0.226 e. The first kappa shape index (κ1) is 17.0. The second-order valence-corrected chi connectivity index (χ2v) is 6.95. The summed E-state index contributed by atoms with van der Waals surface area (Å²) in [5.74, 6) is 0.356. The number of benzene rings is 1. The number of hydrogen-bond acceptors (Lipinski definition) is 4. The summed E-state index contributed by atoms with van der Waals surface area (Å²) in [6.45, 7) is 2.81. The largest absolute Gasteiger partial charge is 0.356 e. The number of rotatable bonds is 8. The van der Waals surface area contributed by atoms with Crippen LogP contribution in [0.2, 0.25) is 0 Å². The second kappa shape index (κ2) is 8.90. The van der Waals surface area contributed by atoms with E-state index in [1.165, 1.54) is 29.2 Å². The van der Waals surface area contributed by atoms with Crippen molar-refractivity contribution in [2.45, 2.75) is 36.3 Å². The fraction of sp³-hybridized carbons (Fsp3) is 0.375. The van der Waals surface area contributed by atoms with E-state index in [2.05, 4.69) is 17.2 Å². The third-order valence-electron chi connectivity index (χ3n) is 3.03. The van der Waals surface area contributed by atoms with Crippen molar-refractivity contribution < 1.29 is 9.18 Å². The Labute approximate surface area is 138 Å². The Hall–Kier alpha value is -1.40. The molecule has 0 aliphatic rings. The third-order valence-corrected chi connectivity index (χ3v) is 5.15. The molecular weight excluding hydrogens is 319 g/mol. The van der Waals surface area contributed by atoms with Gasteiger partial charge in [-0.3, -0.25) is 4.79 Å². The summed E-state index contributed by atoms with van der Waals surface area (Å²) >= 11 is 2.99. The molecule has 0 atom stereocenters. The van der Waals surface area contributed by atoms with Crippen molar-refractivity contribution in [3.05, 3.63) is 46.7 Å². The number of nitrogens with one attached hydrogen (secondary N) is 1. The molecule has 0 aliphatic carbocycles. The summed E-state index contributed by atoms with van der Waals surface area (Å²) in [6.07, 6.45) is 2.36. The molecular formula is C16H19FN2OS2. The number of hydrogen-bond donors (Lipinski definition) is 1. The van der Waals surface area contributed by atoms with Crippen LogP contribution in [-0.2, 0) is 17.0 Å². The first-order valence-corrected chi connectivity index (χ1v) is 9.13. The minimum atomic E-state index is -0.193. The fourth-order valence-electron chi connectivity index (χ4n) is 1.82. The van der Waals surface area contributed by atoms with Gasteiger partial charge in [0.25, 0.3) is 0 Å². The van der Waals surface area contributed by atoms with E-state index in [9.17, 15) is 9.18 Å². The van der Waals surface area contributed by atoms with Gasteiger partial charge in [-0.15, -0.1) is 11.3 Å². The molecule has 0 fully saturated rings. The maximum absolute atomic E-state index is 13.5. The zero-order chi connectivity index (χ0) is 15.8. The minimum absolute atomic E-state index is 0.00408. The first-order valence-electron chi connectivity index (χ1n) is 7.26. The molecule has 1 aromatic heterocycles. The van der Waals surface area contributed by atoms with Gasteiger partial charge in [-0.2, -0.15) is 0 Å². The molecule has 0 bridgehead atoms. The number of thiazole rings is 1. The number of halogens is 1. The second-order valence-electron chi connectivity index (χ2n) is 4.87. The highest BCUT2D eigenvalue weighted by molar-refractivity contribution is 8.00. The molecule has 0 spiro atoms. The van der Waals surface area contributed by atoms with Crippen molar-refractivity contribution in [3.8, 4) is 0 Å². The number of aromatic nitrogens is 1. The van der Waals surface area contributed by atoms with Gasteiger partial charge in [0.05, 0.1) is 12.1 Å². The zero-order valence-corrected chi connectivity index (χ0v) is 14.1. The van der Waals surface area contributed by atoms with Crippen LogP contribution < -0.4 is 5.32 Å². The third kappa shape index (κ3) is 5.42. The Morgan fingerprint density at radius 3 is 3.00 bits per heavy atom. The Kier molecular flexibility index (Phi) is 6.86. The Morgan fingerprint density at radius 1 is 1.41 bits per heavy atom. The van der Waals surface area contributed by atoms with Crippen molar-refractivity contribution >= 4 is 29.0 Å². The molecule has 6 heteroatoms. The van der Waals surface area contributed by atoms with Gasteiger partial charge in [0.1, 0.15) is 10.2 Å². The van der Waals surface area contributed by atoms with E-state index in [1.807, 2.05) is 11.4 Å². The van der Waals surface area contributed by atoms with Gasteiger partial charge in [-0.05, 0) is 18.1 Å². The average molecular weight is 338 g/mol. The van der Waals surface area contributed by atoms with Gasteiger partial charge < -0.3 is 5.32 Å². The lowest BCUT2D eigenvalue weighted by Crippen LogP contribution is -2.26. The summed E-state index contributed by atoms with van der Waals surface area (Å²) in [5, 5.41) is 4.77. The normalized spacial score (nSPS) is 10.6. The number of thioether (sulfide) groups is 1. The molecule has 0 saturated carbocycles. The number of amides is 1. The Balaban J connectivity index is 1.81. The first-order chi connectivity index (χ1) is 10.7. The van der Waals surface area contributed by atoms with Gasteiger partial charge in [0.15, 0.2) is 0 Å². The Morgan fingerprint density at radius 2 is 2.23 bits per heavy atom. The summed E-state index contributed by atoms with van der Waals surface area (Å²) in [6, 6.07) is 6.75. The molecule has 3 nitrogen and oxygen atoms in total. The molecule has 0 aliphatic heterocycles. The average Bonchev–Trinajstić information content (AvgIpc) is 2.94. The molecule has 2 aromatic rings. The van der Waals surface area contributed by atoms with E-state index in [4.69, 9.17) is 0 Å². The van der Waals surface area contributed by atoms with Crippen molar-refractivity contribution in [3.63, 3.8) is 0 Å². The Bertz CT molecular complexity index is 616. The van der Waals surface area contributed by atoms with Gasteiger partial charge in [0.2, 0.25) is 5.91 Å². The molecule has 118 valence electrons. The van der Waals surface area contributed by atoms with E-state index >= 15 is 0 Å². The summed E-state index contributed by atoms with van der Waals surface area (Å²) in [4.78, 5) is 16.1. The van der Waals surface area contributed by atoms with E-state index in [1.54, 1.807) is 12.1 Å². The van der Waals surface area contributed by atoms with E-state index in [0.717, 1.165) is 22.9 Å². The van der Waals surface area contributed by atoms with E-state index in [-0.39, 0.29) is 11.7 Å². The van der Waals surface area contributed by atoms with E-state index < -0.39 is 0 Å². The lowest BCUT2D eigenvalue weighted by molar-refractivity contribution is -0.120. The highest BCUT2D eigenvalue weighted by Gasteiger charge is 2.09. The zero-order valence-electron chi connectivity index (χ0n) is 12.5. The molecule has 0 radical (unpaired) electrons. The minimum Gasteiger partial charge on any atom is -0.356 e. The monoisotopic (exact) mass is 338 g/mol. The van der Waals surface area contributed by atoms with E-state index in [0.29, 0.717) is 24.3 Å². The van der Waals surface area contributed by atoms with Crippen LogP contribution in [-0.4, -0.2) is 17.4 Å². The summed E-state index contributed by atoms with van der Waals surface area (Å²) < 4.78 is 14.4. The molecule has 0 unspecified atom stereocenters. The molecule has 1 aromatic carbocycles. The van der Waals surface area contributed by atoms with Crippen LogP contribution in [0.3, 0.4) is 0 Å². The quantitative estimate of drug-likeness (QED) is 0.583. The number of carbonyl (C=O) groups is 1. The summed E-state index contributed by atoms with van der Waals surface area (Å²) in [5.41, 5.74) is 1.44. The number of unbranched alkanes of at least 4 members (excludes halogenated alkanes) is 1. The lowest BCUT2D eigenvalue weighted by atomic mass is 10.2. The molecule has 1 amide bonds. The van der Waals surface area contributed by atoms with Crippen LogP contribution in [0.25, 0.3) is 0 Å². The molecule has 22 heavy (non-hydrogen) atoms. The molecule has 0 saturated heterocycles. The smallest absolute Gasteiger partial charge is 0.226 e. The van der Waals surface area contributed by atoms with Gasteiger partial charge in [-0.1, -0.05) is 43.3 Å². The standard InChI is InChI=1S/C16H19FN2OS2/c1-2-3-8-18-15(20)9-13-11-22-16(19-13)21-10-12-6-4-5-7-14(12)17/h4-7,11H,2-3,8-10H2,1H3,(H,18,20). The predicted molar refractivity (Wildman–Crippen MR) is 89.7 cm³/mol. The van der Waals surface area contributed by atoms with Gasteiger partial charge in [-0.25, -0.2) is 9.37 Å². The highest BCUT2D eigenvalue weighted by atomic mass is 32.2. The van der Waals surface area contributed by atoms with Crippen LogP contribution in [0, 0.1) is 5.82 Å². The van der Waals surface area contributed by atoms with Crippen LogP contribution in [0.4, 0.5) is 4.39 Å². The highest BCUT2D eigenvalue weighted by Crippen LogP contribution is 2.27. The number of nitrogens with zero attached hydrogens (tertiary/aromatic N) is 1. The SMILES string of the molecule is CCCCNC(=O)Cc1csc(SCc2ccccc2F)n1. The van der Waals surface area contributed by atoms with Crippen molar-refractivity contribution in [2.24, 2.45) is 0 Å². The number of carbonyl (C=O) groups excluding carboxylic acids is 1. The fourth-order valence-corrected chi connectivity index (χ4v) is 3.65.